The number of allylic oxidation sites excluding steroid dienone is 1. The number of non-ortho nitro benzene ring substituents is 1. The maximum absolute atomic E-state index is 12.4. The molecule has 0 bridgehead atoms. The van der Waals surface area contributed by atoms with Gasteiger partial charge in [-0.25, -0.2) is 0 Å². The number of carbonyl (C=O) groups is 1. The largest absolute Gasteiger partial charge is 0.289 e. The molecule has 1 aromatic carbocycles. The minimum Gasteiger partial charge on any atom is -0.289 e. The highest BCUT2D eigenvalue weighted by molar-refractivity contribution is 6.88. The SMILES string of the molecule is CC(C)[Si](C=CC(=O)c1ccc([N+](=O)[O-])cc1)(C(C)C)C(C)C. The number of carbonyl (C=O) groups excluding carboxylic acids is 1. The fraction of sp³-hybridized carbons (Fsp3) is 0.500. The summed E-state index contributed by atoms with van der Waals surface area (Å²) in [6.07, 6.45) is 1.69. The van der Waals surface area contributed by atoms with Crippen LogP contribution >= 0.6 is 0 Å². The Balaban J connectivity index is 3.09. The zero-order chi connectivity index (χ0) is 17.8. The van der Waals surface area contributed by atoms with E-state index in [0.717, 1.165) is 0 Å². The fourth-order valence-corrected chi connectivity index (χ4v) is 9.24. The van der Waals surface area contributed by atoms with Gasteiger partial charge in [0.15, 0.2) is 5.78 Å². The smallest absolute Gasteiger partial charge is 0.269 e. The topological polar surface area (TPSA) is 60.2 Å². The van der Waals surface area contributed by atoms with Crippen LogP contribution in [0.25, 0.3) is 0 Å². The predicted molar refractivity (Wildman–Crippen MR) is 97.6 cm³/mol. The molecular weight excluding hydrogens is 306 g/mol. The Morgan fingerprint density at radius 2 is 1.43 bits per heavy atom. The van der Waals surface area contributed by atoms with Crippen molar-refractivity contribution < 1.29 is 9.72 Å². The van der Waals surface area contributed by atoms with Gasteiger partial charge >= 0.3 is 0 Å². The van der Waals surface area contributed by atoms with Crippen LogP contribution in [0.3, 0.4) is 0 Å². The van der Waals surface area contributed by atoms with E-state index >= 15 is 0 Å². The van der Waals surface area contributed by atoms with E-state index in [1.807, 2.05) is 0 Å². The van der Waals surface area contributed by atoms with E-state index in [1.165, 1.54) is 24.3 Å². The highest BCUT2D eigenvalue weighted by Gasteiger charge is 2.40. The van der Waals surface area contributed by atoms with Crippen molar-refractivity contribution in [3.63, 3.8) is 0 Å². The van der Waals surface area contributed by atoms with Crippen molar-refractivity contribution >= 4 is 19.5 Å². The lowest BCUT2D eigenvalue weighted by atomic mass is 10.1. The molecule has 0 aliphatic carbocycles. The second kappa shape index (κ2) is 7.68. The molecule has 0 heterocycles. The van der Waals surface area contributed by atoms with Gasteiger partial charge in [0.1, 0.15) is 0 Å². The quantitative estimate of drug-likeness (QED) is 0.216. The molecule has 1 aromatic rings. The third kappa shape index (κ3) is 4.16. The third-order valence-corrected chi connectivity index (χ3v) is 11.6. The molecule has 23 heavy (non-hydrogen) atoms. The second-order valence-electron chi connectivity index (χ2n) is 6.97. The van der Waals surface area contributed by atoms with Gasteiger partial charge in [-0.2, -0.15) is 0 Å². The number of hydrogen-bond donors (Lipinski definition) is 0. The Labute approximate surface area is 139 Å². The van der Waals surface area contributed by atoms with Crippen molar-refractivity contribution in [2.24, 2.45) is 0 Å². The maximum Gasteiger partial charge on any atom is 0.269 e. The molecule has 126 valence electrons. The molecule has 0 spiro atoms. The van der Waals surface area contributed by atoms with Gasteiger partial charge in [-0.3, -0.25) is 14.9 Å². The summed E-state index contributed by atoms with van der Waals surface area (Å²) in [5.41, 5.74) is 4.30. The van der Waals surface area contributed by atoms with Gasteiger partial charge in [0.05, 0.1) is 13.0 Å². The van der Waals surface area contributed by atoms with Crippen molar-refractivity contribution in [3.05, 3.63) is 51.7 Å². The standard InChI is InChI=1S/C18H27NO3Si/c1-13(2)23(14(3)4,15(5)6)12-11-18(20)16-7-9-17(10-8-16)19(21)22/h7-15H,1-6H3. The molecule has 0 unspecified atom stereocenters. The first-order valence-electron chi connectivity index (χ1n) is 8.11. The van der Waals surface area contributed by atoms with E-state index in [-0.39, 0.29) is 11.5 Å². The number of nitro groups is 1. The molecule has 0 atom stereocenters. The van der Waals surface area contributed by atoms with E-state index in [1.54, 1.807) is 6.08 Å². The summed E-state index contributed by atoms with van der Waals surface area (Å²) in [5.74, 6) is -0.0845. The lowest BCUT2D eigenvalue weighted by molar-refractivity contribution is -0.384. The van der Waals surface area contributed by atoms with Gasteiger partial charge in [0, 0.05) is 17.7 Å². The minimum atomic E-state index is -1.76. The van der Waals surface area contributed by atoms with Crippen molar-refractivity contribution in [2.75, 3.05) is 0 Å². The van der Waals surface area contributed by atoms with Gasteiger partial charge in [-0.15, -0.1) is 0 Å². The van der Waals surface area contributed by atoms with Crippen LogP contribution in [0, 0.1) is 10.1 Å². The fourth-order valence-electron chi connectivity index (χ4n) is 3.64. The summed E-state index contributed by atoms with van der Waals surface area (Å²) in [6.45, 7) is 13.5. The lowest BCUT2D eigenvalue weighted by Gasteiger charge is -2.40. The van der Waals surface area contributed by atoms with Gasteiger partial charge in [-0.05, 0) is 34.8 Å². The number of ketones is 1. The first kappa shape index (κ1) is 19.3. The molecule has 5 heteroatoms. The highest BCUT2D eigenvalue weighted by Crippen LogP contribution is 2.42. The molecule has 0 radical (unpaired) electrons. The number of hydrogen-bond acceptors (Lipinski definition) is 3. The Morgan fingerprint density at radius 3 is 1.78 bits per heavy atom. The predicted octanol–water partition coefficient (Wildman–Crippen LogP) is 5.55. The van der Waals surface area contributed by atoms with Crippen LogP contribution in [-0.2, 0) is 0 Å². The number of nitro benzene ring substituents is 1. The Hall–Kier alpha value is -1.75. The van der Waals surface area contributed by atoms with Crippen LogP contribution < -0.4 is 0 Å². The molecular formula is C18H27NO3Si. The molecule has 0 N–H and O–H groups in total. The molecule has 4 nitrogen and oxygen atoms in total. The minimum absolute atomic E-state index is 0.000734. The van der Waals surface area contributed by atoms with Crippen LogP contribution in [0.5, 0.6) is 0 Å². The zero-order valence-corrected chi connectivity index (χ0v) is 15.9. The van der Waals surface area contributed by atoms with Crippen LogP contribution in [0.1, 0.15) is 51.9 Å². The normalized spacial score (nSPS) is 12.6. The van der Waals surface area contributed by atoms with Crippen molar-refractivity contribution in [1.29, 1.82) is 0 Å². The van der Waals surface area contributed by atoms with Crippen molar-refractivity contribution in [1.82, 2.24) is 0 Å². The third-order valence-electron chi connectivity index (χ3n) is 4.89. The van der Waals surface area contributed by atoms with E-state index in [2.05, 4.69) is 47.2 Å². The van der Waals surface area contributed by atoms with Crippen molar-refractivity contribution in [2.45, 2.75) is 58.2 Å². The average Bonchev–Trinajstić information content (AvgIpc) is 2.46. The van der Waals surface area contributed by atoms with E-state index in [0.29, 0.717) is 22.2 Å². The Morgan fingerprint density at radius 1 is 1.00 bits per heavy atom. The number of rotatable bonds is 7. The van der Waals surface area contributed by atoms with Gasteiger partial charge in [0.2, 0.25) is 0 Å². The summed E-state index contributed by atoms with van der Waals surface area (Å²) >= 11 is 0. The first-order chi connectivity index (χ1) is 10.6. The molecule has 0 aromatic heterocycles. The number of nitrogens with zero attached hydrogens (tertiary/aromatic N) is 1. The summed E-state index contributed by atoms with van der Waals surface area (Å²) in [7, 11) is -1.76. The summed E-state index contributed by atoms with van der Waals surface area (Å²) < 4.78 is 0. The molecule has 0 saturated carbocycles. The Bertz CT molecular complexity index is 567. The monoisotopic (exact) mass is 333 g/mol. The van der Waals surface area contributed by atoms with Crippen molar-refractivity contribution in [3.8, 4) is 0 Å². The van der Waals surface area contributed by atoms with Gasteiger partial charge in [-0.1, -0.05) is 47.2 Å². The average molecular weight is 334 g/mol. The summed E-state index contributed by atoms with van der Waals surface area (Å²) in [4.78, 5) is 22.6. The van der Waals surface area contributed by atoms with Crippen LogP contribution in [0.2, 0.25) is 16.6 Å². The van der Waals surface area contributed by atoms with Crippen LogP contribution in [0.4, 0.5) is 5.69 Å². The first-order valence-corrected chi connectivity index (χ1v) is 10.4. The van der Waals surface area contributed by atoms with E-state index in [4.69, 9.17) is 0 Å². The summed E-state index contributed by atoms with van der Waals surface area (Å²) in [6, 6.07) is 5.79. The molecule has 0 aliphatic heterocycles. The van der Waals surface area contributed by atoms with Gasteiger partial charge < -0.3 is 0 Å². The molecule has 0 aliphatic rings. The molecule has 1 rings (SSSR count). The van der Waals surface area contributed by atoms with E-state index < -0.39 is 13.0 Å². The number of benzene rings is 1. The van der Waals surface area contributed by atoms with E-state index in [9.17, 15) is 14.9 Å². The molecule has 0 fully saturated rings. The maximum atomic E-state index is 12.4. The van der Waals surface area contributed by atoms with Crippen LogP contribution in [0.15, 0.2) is 36.0 Å². The molecule has 0 saturated heterocycles. The van der Waals surface area contributed by atoms with Gasteiger partial charge in [0.25, 0.3) is 5.69 Å². The highest BCUT2D eigenvalue weighted by atomic mass is 28.3. The van der Waals surface area contributed by atoms with Crippen LogP contribution in [-0.4, -0.2) is 18.8 Å². The lowest BCUT2D eigenvalue weighted by Crippen LogP contribution is -2.42. The molecule has 0 amide bonds. The second-order valence-corrected chi connectivity index (χ2v) is 12.8. The zero-order valence-electron chi connectivity index (χ0n) is 14.9. The Kier molecular flexibility index (Phi) is 6.44. The summed E-state index contributed by atoms with van der Waals surface area (Å²) in [5, 5.41) is 10.7.